The molecular weight excluding hydrogens is 511 g/mol. The van der Waals surface area contributed by atoms with Gasteiger partial charge in [-0.1, -0.05) is 23.5 Å². The van der Waals surface area contributed by atoms with Gasteiger partial charge in [0, 0.05) is 24.5 Å². The molecule has 0 spiro atoms. The van der Waals surface area contributed by atoms with Crippen LogP contribution in [0.25, 0.3) is 20.4 Å². The van der Waals surface area contributed by atoms with Crippen molar-refractivity contribution in [2.75, 3.05) is 48.9 Å². The van der Waals surface area contributed by atoms with Crippen LogP contribution in [-0.4, -0.2) is 64.5 Å². The lowest BCUT2D eigenvalue weighted by molar-refractivity contribution is -0.132. The molecule has 5 rings (SSSR count). The van der Waals surface area contributed by atoms with Crippen LogP contribution in [-0.2, 0) is 14.3 Å². The molecule has 176 valence electrons. The molecule has 0 saturated carbocycles. The third-order valence-corrected chi connectivity index (χ3v) is 9.36. The van der Waals surface area contributed by atoms with Crippen molar-refractivity contribution < 1.29 is 14.3 Å². The van der Waals surface area contributed by atoms with Gasteiger partial charge in [-0.05, 0) is 36.4 Å². The van der Waals surface area contributed by atoms with Gasteiger partial charge in [-0.3, -0.25) is 9.59 Å². The Labute approximate surface area is 212 Å². The molecule has 2 aromatic carbocycles. The molecule has 4 aromatic rings. The number of carbonyl (C=O) groups is 2. The lowest BCUT2D eigenvalue weighted by Crippen LogP contribution is -2.41. The van der Waals surface area contributed by atoms with Crippen LogP contribution >= 0.6 is 46.2 Å². The smallest absolute Gasteiger partial charge is 0.234 e. The van der Waals surface area contributed by atoms with Crippen molar-refractivity contribution in [3.63, 3.8) is 0 Å². The zero-order valence-corrected chi connectivity index (χ0v) is 21.2. The second kappa shape index (κ2) is 10.5. The summed E-state index contributed by atoms with van der Waals surface area (Å²) in [4.78, 5) is 35.8. The van der Waals surface area contributed by atoms with Crippen molar-refractivity contribution in [3.05, 3.63) is 36.4 Å². The van der Waals surface area contributed by atoms with Gasteiger partial charge in [-0.25, -0.2) is 9.97 Å². The lowest BCUT2D eigenvalue weighted by atomic mass is 10.3. The molecule has 34 heavy (non-hydrogen) atoms. The minimum atomic E-state index is -0.0988. The van der Waals surface area contributed by atoms with Crippen molar-refractivity contribution in [1.82, 2.24) is 14.9 Å². The summed E-state index contributed by atoms with van der Waals surface area (Å²) >= 11 is 5.90. The number of fused-ring (bicyclic) bond motifs is 2. The van der Waals surface area contributed by atoms with Crippen molar-refractivity contribution in [1.29, 1.82) is 0 Å². The fraction of sp³-hybridized carbons (Fsp3) is 0.273. The number of aromatic nitrogens is 2. The number of carbonyl (C=O) groups excluding carboxylic acids is 2. The molecular formula is C22H21N5O3S4. The highest BCUT2D eigenvalue weighted by atomic mass is 32.2. The maximum Gasteiger partial charge on any atom is 0.234 e. The van der Waals surface area contributed by atoms with Crippen LogP contribution in [0.5, 0.6) is 0 Å². The first kappa shape index (κ1) is 23.4. The number of nitrogens with one attached hydrogen (secondary N) is 1. The maximum absolute atomic E-state index is 12.5. The van der Waals surface area contributed by atoms with E-state index in [1.165, 1.54) is 46.2 Å². The summed E-state index contributed by atoms with van der Waals surface area (Å²) in [6.45, 7) is 2.49. The second-order valence-electron chi connectivity index (χ2n) is 7.49. The van der Waals surface area contributed by atoms with Gasteiger partial charge in [-0.2, -0.15) is 0 Å². The van der Waals surface area contributed by atoms with E-state index in [4.69, 9.17) is 10.5 Å². The standard InChI is InChI=1S/C22H21N5O3S4/c23-13-1-3-15-17(9-13)33-21(25-15)31-11-19(28)24-14-2-4-16-18(10-14)34-22(26-16)32-12-20(29)27-5-7-30-8-6-27/h1-4,9-10H,5-8,11-12,23H2,(H,24,28). The molecule has 2 aromatic heterocycles. The number of thioether (sulfide) groups is 2. The van der Waals surface area contributed by atoms with E-state index in [2.05, 4.69) is 15.3 Å². The molecule has 0 unspecified atom stereocenters. The fourth-order valence-corrected chi connectivity index (χ4v) is 7.30. The first-order valence-electron chi connectivity index (χ1n) is 10.5. The molecule has 12 heteroatoms. The Morgan fingerprint density at radius 3 is 2.35 bits per heavy atom. The van der Waals surface area contributed by atoms with E-state index in [1.54, 1.807) is 0 Å². The van der Waals surface area contributed by atoms with Crippen molar-refractivity contribution in [2.24, 2.45) is 0 Å². The van der Waals surface area contributed by atoms with Crippen LogP contribution in [0.4, 0.5) is 11.4 Å². The van der Waals surface area contributed by atoms with E-state index in [9.17, 15) is 9.59 Å². The Morgan fingerprint density at radius 1 is 0.971 bits per heavy atom. The second-order valence-corrected chi connectivity index (χ2v) is 12.0. The minimum Gasteiger partial charge on any atom is -0.399 e. The third-order valence-electron chi connectivity index (χ3n) is 5.06. The summed E-state index contributed by atoms with van der Waals surface area (Å²) < 4.78 is 8.95. The van der Waals surface area contributed by atoms with Gasteiger partial charge in [0.15, 0.2) is 8.68 Å². The highest BCUT2D eigenvalue weighted by molar-refractivity contribution is 8.02. The lowest BCUT2D eigenvalue weighted by Gasteiger charge is -2.26. The number of anilines is 2. The van der Waals surface area contributed by atoms with Crippen molar-refractivity contribution >= 4 is 89.8 Å². The van der Waals surface area contributed by atoms with Gasteiger partial charge >= 0.3 is 0 Å². The summed E-state index contributed by atoms with van der Waals surface area (Å²) in [6.07, 6.45) is 0. The number of hydrogen-bond acceptors (Lipinski definition) is 10. The van der Waals surface area contributed by atoms with Crippen LogP contribution in [0.2, 0.25) is 0 Å². The Bertz CT molecular complexity index is 1350. The molecule has 3 heterocycles. The molecule has 1 saturated heterocycles. The number of benzene rings is 2. The zero-order chi connectivity index (χ0) is 23.5. The summed E-state index contributed by atoms with van der Waals surface area (Å²) in [6, 6.07) is 11.3. The molecule has 1 aliphatic rings. The number of hydrogen-bond donors (Lipinski definition) is 2. The zero-order valence-electron chi connectivity index (χ0n) is 18.0. The number of rotatable bonds is 7. The number of ether oxygens (including phenoxy) is 1. The van der Waals surface area contributed by atoms with Crippen LogP contribution in [0, 0.1) is 0 Å². The van der Waals surface area contributed by atoms with Gasteiger partial charge in [0.2, 0.25) is 11.8 Å². The number of amides is 2. The van der Waals surface area contributed by atoms with Crippen molar-refractivity contribution in [3.8, 4) is 0 Å². The van der Waals surface area contributed by atoms with Crippen LogP contribution in [0.1, 0.15) is 0 Å². The molecule has 0 aliphatic carbocycles. The third kappa shape index (κ3) is 5.63. The van der Waals surface area contributed by atoms with Gasteiger partial charge < -0.3 is 20.7 Å². The van der Waals surface area contributed by atoms with E-state index in [0.29, 0.717) is 37.7 Å². The molecule has 3 N–H and O–H groups in total. The average molecular weight is 532 g/mol. The first-order chi connectivity index (χ1) is 16.5. The van der Waals surface area contributed by atoms with E-state index < -0.39 is 0 Å². The van der Waals surface area contributed by atoms with Gasteiger partial charge in [0.25, 0.3) is 0 Å². The normalized spacial score (nSPS) is 14.1. The van der Waals surface area contributed by atoms with E-state index in [1.807, 2.05) is 41.3 Å². The Hall–Kier alpha value is -2.38. The monoisotopic (exact) mass is 531 g/mol. The SMILES string of the molecule is Nc1ccc2nc(SCC(=O)Nc3ccc4nc(SCC(=O)N5CCOCC5)sc4c3)sc2c1. The molecule has 1 aliphatic heterocycles. The number of thiazole rings is 2. The van der Waals surface area contributed by atoms with Crippen LogP contribution in [0.15, 0.2) is 45.1 Å². The summed E-state index contributed by atoms with van der Waals surface area (Å²) in [5.74, 6) is 0.632. The maximum atomic E-state index is 12.5. The number of nitrogens with zero attached hydrogens (tertiary/aromatic N) is 3. The highest BCUT2D eigenvalue weighted by Gasteiger charge is 2.18. The number of nitrogens with two attached hydrogens (primary N) is 1. The topological polar surface area (TPSA) is 110 Å². The summed E-state index contributed by atoms with van der Waals surface area (Å²) in [7, 11) is 0. The molecule has 2 amide bonds. The predicted octanol–water partition coefficient (Wildman–Crippen LogP) is 4.17. The molecule has 0 radical (unpaired) electrons. The Morgan fingerprint density at radius 2 is 1.62 bits per heavy atom. The molecule has 8 nitrogen and oxygen atoms in total. The van der Waals surface area contributed by atoms with Gasteiger partial charge in [-0.15, -0.1) is 22.7 Å². The van der Waals surface area contributed by atoms with E-state index in [0.717, 1.165) is 34.8 Å². The minimum absolute atomic E-state index is 0.0988. The van der Waals surface area contributed by atoms with Crippen LogP contribution in [0.3, 0.4) is 0 Å². The molecule has 0 atom stereocenters. The predicted molar refractivity (Wildman–Crippen MR) is 141 cm³/mol. The molecule has 1 fully saturated rings. The van der Waals surface area contributed by atoms with E-state index >= 15 is 0 Å². The largest absolute Gasteiger partial charge is 0.399 e. The highest BCUT2D eigenvalue weighted by Crippen LogP contribution is 2.33. The first-order valence-corrected chi connectivity index (χ1v) is 14.1. The quantitative estimate of drug-likeness (QED) is 0.270. The Balaban J connectivity index is 1.16. The number of morpholine rings is 1. The fourth-order valence-electron chi connectivity index (χ4n) is 3.38. The van der Waals surface area contributed by atoms with Gasteiger partial charge in [0.05, 0.1) is 45.2 Å². The summed E-state index contributed by atoms with van der Waals surface area (Å²) in [5.41, 5.74) is 8.99. The van der Waals surface area contributed by atoms with Crippen LogP contribution < -0.4 is 11.1 Å². The van der Waals surface area contributed by atoms with E-state index in [-0.39, 0.29) is 17.6 Å². The van der Waals surface area contributed by atoms with Crippen molar-refractivity contribution in [2.45, 2.75) is 8.68 Å². The summed E-state index contributed by atoms with van der Waals surface area (Å²) in [5, 5.41) is 2.95. The Kier molecular flexibility index (Phi) is 7.21. The van der Waals surface area contributed by atoms with Gasteiger partial charge in [0.1, 0.15) is 0 Å². The molecule has 0 bridgehead atoms. The average Bonchev–Trinajstić information content (AvgIpc) is 3.44. The number of nitrogen functional groups attached to an aromatic ring is 1.